The van der Waals surface area contributed by atoms with Gasteiger partial charge in [-0.05, 0) is 31.9 Å². The molecule has 0 bridgehead atoms. The lowest BCUT2D eigenvalue weighted by Gasteiger charge is -2.36. The molecular formula is C15H22N2O2. The molecule has 0 heterocycles. The molecule has 0 amide bonds. The van der Waals surface area contributed by atoms with Crippen molar-refractivity contribution in [2.45, 2.75) is 44.6 Å². The molecule has 1 fully saturated rings. The van der Waals surface area contributed by atoms with Crippen molar-refractivity contribution < 1.29 is 9.53 Å². The molecule has 3 N–H and O–H groups in total. The highest BCUT2D eigenvalue weighted by Crippen LogP contribution is 2.34. The Kier molecular flexibility index (Phi) is 3.98. The van der Waals surface area contributed by atoms with Gasteiger partial charge >= 0.3 is 5.97 Å². The molecule has 104 valence electrons. The zero-order valence-electron chi connectivity index (χ0n) is 11.7. The predicted octanol–water partition coefficient (Wildman–Crippen LogP) is 3.19. The van der Waals surface area contributed by atoms with Gasteiger partial charge in [-0.25, -0.2) is 4.79 Å². The summed E-state index contributed by atoms with van der Waals surface area (Å²) in [5.74, 6) is -0.353. The van der Waals surface area contributed by atoms with Crippen molar-refractivity contribution in [1.29, 1.82) is 0 Å². The molecule has 2 rings (SSSR count). The number of nitrogens with two attached hydrogens (primary N) is 1. The molecule has 1 aliphatic carbocycles. The Balaban J connectivity index is 2.30. The fourth-order valence-corrected chi connectivity index (χ4v) is 2.75. The number of carbonyl (C=O) groups excluding carboxylic acids is 1. The van der Waals surface area contributed by atoms with Crippen molar-refractivity contribution in [3.63, 3.8) is 0 Å². The Bertz CT molecular complexity index is 465. The Morgan fingerprint density at radius 3 is 2.63 bits per heavy atom. The maximum Gasteiger partial charge on any atom is 0.340 e. The third-order valence-electron chi connectivity index (χ3n) is 3.89. The number of nitrogens with one attached hydrogen (secondary N) is 1. The normalized spacial score (nSPS) is 17.8. The summed E-state index contributed by atoms with van der Waals surface area (Å²) in [5, 5.41) is 3.48. The Hall–Kier alpha value is -1.71. The molecular weight excluding hydrogens is 240 g/mol. The van der Waals surface area contributed by atoms with Crippen molar-refractivity contribution in [1.82, 2.24) is 0 Å². The SMILES string of the molecule is COC(=O)c1cccc(N)c1NC1(C)CCCCC1. The second-order valence-corrected chi connectivity index (χ2v) is 5.51. The molecule has 4 heteroatoms. The smallest absolute Gasteiger partial charge is 0.340 e. The number of para-hydroxylation sites is 1. The Labute approximate surface area is 114 Å². The molecule has 0 unspecified atom stereocenters. The van der Waals surface area contributed by atoms with E-state index in [1.165, 1.54) is 26.4 Å². The lowest BCUT2D eigenvalue weighted by Crippen LogP contribution is -2.37. The van der Waals surface area contributed by atoms with Gasteiger partial charge in [0.05, 0.1) is 24.0 Å². The van der Waals surface area contributed by atoms with Gasteiger partial charge in [0.1, 0.15) is 0 Å². The Morgan fingerprint density at radius 2 is 2.00 bits per heavy atom. The summed E-state index contributed by atoms with van der Waals surface area (Å²) < 4.78 is 4.82. The van der Waals surface area contributed by atoms with E-state index in [2.05, 4.69) is 12.2 Å². The minimum absolute atomic E-state index is 0.0104. The van der Waals surface area contributed by atoms with E-state index in [9.17, 15) is 4.79 Å². The fraction of sp³-hybridized carbons (Fsp3) is 0.533. The number of esters is 1. The van der Waals surface area contributed by atoms with Gasteiger partial charge in [-0.3, -0.25) is 0 Å². The Morgan fingerprint density at radius 1 is 1.32 bits per heavy atom. The molecule has 0 aromatic heterocycles. The van der Waals surface area contributed by atoms with Gasteiger partial charge in [0.25, 0.3) is 0 Å². The van der Waals surface area contributed by atoms with E-state index in [1.807, 2.05) is 0 Å². The number of methoxy groups -OCH3 is 1. The van der Waals surface area contributed by atoms with E-state index in [0.29, 0.717) is 16.9 Å². The van der Waals surface area contributed by atoms with Crippen molar-refractivity contribution >= 4 is 17.3 Å². The van der Waals surface area contributed by atoms with Gasteiger partial charge in [0.2, 0.25) is 0 Å². The molecule has 0 saturated heterocycles. The second-order valence-electron chi connectivity index (χ2n) is 5.51. The molecule has 0 aliphatic heterocycles. The number of anilines is 2. The molecule has 1 aromatic carbocycles. The highest BCUT2D eigenvalue weighted by Gasteiger charge is 2.28. The zero-order chi connectivity index (χ0) is 13.9. The van der Waals surface area contributed by atoms with Crippen LogP contribution in [-0.4, -0.2) is 18.6 Å². The van der Waals surface area contributed by atoms with E-state index in [1.54, 1.807) is 18.2 Å². The molecule has 0 spiro atoms. The average molecular weight is 262 g/mol. The lowest BCUT2D eigenvalue weighted by atomic mass is 9.83. The number of hydrogen-bond donors (Lipinski definition) is 2. The summed E-state index contributed by atoms with van der Waals surface area (Å²) in [4.78, 5) is 11.8. The van der Waals surface area contributed by atoms with Crippen molar-refractivity contribution in [2.75, 3.05) is 18.2 Å². The third-order valence-corrected chi connectivity index (χ3v) is 3.89. The van der Waals surface area contributed by atoms with E-state index < -0.39 is 0 Å². The van der Waals surface area contributed by atoms with Gasteiger partial charge in [-0.1, -0.05) is 25.3 Å². The fourth-order valence-electron chi connectivity index (χ4n) is 2.75. The van der Waals surface area contributed by atoms with Crippen LogP contribution in [-0.2, 0) is 4.74 Å². The van der Waals surface area contributed by atoms with Crippen LogP contribution in [0.15, 0.2) is 18.2 Å². The summed E-state index contributed by atoms with van der Waals surface area (Å²) in [7, 11) is 1.39. The summed E-state index contributed by atoms with van der Waals surface area (Å²) >= 11 is 0. The summed E-state index contributed by atoms with van der Waals surface area (Å²) in [6.07, 6.45) is 5.91. The van der Waals surface area contributed by atoms with Crippen LogP contribution in [0.3, 0.4) is 0 Å². The first-order valence-corrected chi connectivity index (χ1v) is 6.81. The van der Waals surface area contributed by atoms with Gasteiger partial charge < -0.3 is 15.8 Å². The van der Waals surface area contributed by atoms with E-state index >= 15 is 0 Å². The molecule has 1 aliphatic rings. The topological polar surface area (TPSA) is 64.3 Å². The van der Waals surface area contributed by atoms with Crippen molar-refractivity contribution in [3.8, 4) is 0 Å². The molecule has 19 heavy (non-hydrogen) atoms. The van der Waals surface area contributed by atoms with Crippen LogP contribution in [0.5, 0.6) is 0 Å². The summed E-state index contributed by atoms with van der Waals surface area (Å²) in [6.45, 7) is 2.19. The molecule has 0 atom stereocenters. The van der Waals surface area contributed by atoms with Crippen LogP contribution in [0.2, 0.25) is 0 Å². The monoisotopic (exact) mass is 262 g/mol. The van der Waals surface area contributed by atoms with Crippen LogP contribution in [0.1, 0.15) is 49.4 Å². The summed E-state index contributed by atoms with van der Waals surface area (Å²) in [6, 6.07) is 5.33. The first-order valence-electron chi connectivity index (χ1n) is 6.81. The standard InChI is InChI=1S/C15H22N2O2/c1-15(9-4-3-5-10-15)17-13-11(14(18)19-2)7-6-8-12(13)16/h6-8,17H,3-5,9-10,16H2,1-2H3. The van der Waals surface area contributed by atoms with Gasteiger partial charge in [0, 0.05) is 5.54 Å². The number of carbonyl (C=O) groups is 1. The number of hydrogen-bond acceptors (Lipinski definition) is 4. The van der Waals surface area contributed by atoms with Crippen molar-refractivity contribution in [3.05, 3.63) is 23.8 Å². The maximum absolute atomic E-state index is 11.8. The number of nitrogen functional groups attached to an aromatic ring is 1. The zero-order valence-corrected chi connectivity index (χ0v) is 11.7. The van der Waals surface area contributed by atoms with Crippen LogP contribution in [0.25, 0.3) is 0 Å². The first kappa shape index (κ1) is 13.7. The third kappa shape index (κ3) is 3.00. The highest BCUT2D eigenvalue weighted by atomic mass is 16.5. The first-order chi connectivity index (χ1) is 9.06. The van der Waals surface area contributed by atoms with Crippen LogP contribution in [0.4, 0.5) is 11.4 Å². The predicted molar refractivity (Wildman–Crippen MR) is 77.3 cm³/mol. The average Bonchev–Trinajstić information content (AvgIpc) is 2.41. The van der Waals surface area contributed by atoms with Crippen LogP contribution < -0.4 is 11.1 Å². The molecule has 1 saturated carbocycles. The van der Waals surface area contributed by atoms with Gasteiger partial charge in [-0.15, -0.1) is 0 Å². The molecule has 1 aromatic rings. The van der Waals surface area contributed by atoms with Crippen LogP contribution >= 0.6 is 0 Å². The van der Waals surface area contributed by atoms with E-state index in [-0.39, 0.29) is 11.5 Å². The maximum atomic E-state index is 11.8. The summed E-state index contributed by atoms with van der Waals surface area (Å²) in [5.41, 5.74) is 7.84. The van der Waals surface area contributed by atoms with E-state index in [4.69, 9.17) is 10.5 Å². The minimum Gasteiger partial charge on any atom is -0.465 e. The quantitative estimate of drug-likeness (QED) is 0.648. The molecule has 4 nitrogen and oxygen atoms in total. The van der Waals surface area contributed by atoms with Crippen LogP contribution in [0, 0.1) is 0 Å². The van der Waals surface area contributed by atoms with Gasteiger partial charge in [0.15, 0.2) is 0 Å². The van der Waals surface area contributed by atoms with Gasteiger partial charge in [-0.2, -0.15) is 0 Å². The largest absolute Gasteiger partial charge is 0.465 e. The number of ether oxygens (including phenoxy) is 1. The second kappa shape index (κ2) is 5.51. The lowest BCUT2D eigenvalue weighted by molar-refractivity contribution is 0.0601. The minimum atomic E-state index is -0.353. The van der Waals surface area contributed by atoms with E-state index in [0.717, 1.165) is 12.8 Å². The molecule has 0 radical (unpaired) electrons. The number of benzene rings is 1. The highest BCUT2D eigenvalue weighted by molar-refractivity contribution is 5.98. The van der Waals surface area contributed by atoms with Crippen molar-refractivity contribution in [2.24, 2.45) is 0 Å². The number of rotatable bonds is 3.